The van der Waals surface area contributed by atoms with Crippen LogP contribution in [-0.4, -0.2) is 14.2 Å². The summed E-state index contributed by atoms with van der Waals surface area (Å²) in [5, 5.41) is 0. The summed E-state index contributed by atoms with van der Waals surface area (Å²) in [6.07, 6.45) is 0. The van der Waals surface area contributed by atoms with Gasteiger partial charge in [0.1, 0.15) is 0 Å². The molecule has 2 rings (SSSR count). The van der Waals surface area contributed by atoms with Crippen molar-refractivity contribution >= 4 is 31.9 Å². The third-order valence-corrected chi connectivity index (χ3v) is 5.16. The lowest BCUT2D eigenvalue weighted by atomic mass is 10.00. The minimum Gasteiger partial charge on any atom is -0.493 e. The molecule has 0 saturated heterocycles. The van der Waals surface area contributed by atoms with Gasteiger partial charge in [-0.25, -0.2) is 0 Å². The van der Waals surface area contributed by atoms with E-state index in [2.05, 4.69) is 44.8 Å². The predicted molar refractivity (Wildman–Crippen MR) is 89.2 cm³/mol. The fourth-order valence-corrected chi connectivity index (χ4v) is 3.25. The van der Waals surface area contributed by atoms with Crippen molar-refractivity contribution in [1.82, 2.24) is 0 Å². The summed E-state index contributed by atoms with van der Waals surface area (Å²) in [6, 6.07) is 12.2. The van der Waals surface area contributed by atoms with Crippen LogP contribution < -0.4 is 9.47 Å². The zero-order valence-electron chi connectivity index (χ0n) is 11.6. The van der Waals surface area contributed by atoms with Crippen molar-refractivity contribution in [2.75, 3.05) is 14.2 Å². The summed E-state index contributed by atoms with van der Waals surface area (Å²) in [6.45, 7) is 2.11. The Balaban J connectivity index is 2.43. The van der Waals surface area contributed by atoms with E-state index in [9.17, 15) is 0 Å². The number of halogens is 2. The van der Waals surface area contributed by atoms with Crippen molar-refractivity contribution in [3.05, 3.63) is 57.6 Å². The predicted octanol–water partition coefficient (Wildman–Crippen LogP) is 5.26. The fourth-order valence-electron chi connectivity index (χ4n) is 2.09. The lowest BCUT2D eigenvalue weighted by molar-refractivity contribution is 0.354. The first kappa shape index (κ1) is 15.4. The van der Waals surface area contributed by atoms with Crippen molar-refractivity contribution in [3.8, 4) is 11.5 Å². The first-order valence-corrected chi connectivity index (χ1v) is 7.90. The molecule has 0 heterocycles. The van der Waals surface area contributed by atoms with E-state index in [-0.39, 0.29) is 4.83 Å². The molecule has 0 N–H and O–H groups in total. The van der Waals surface area contributed by atoms with Crippen LogP contribution in [0.25, 0.3) is 0 Å². The molecule has 1 atom stereocenters. The Labute approximate surface area is 136 Å². The topological polar surface area (TPSA) is 18.5 Å². The zero-order valence-corrected chi connectivity index (χ0v) is 14.8. The van der Waals surface area contributed by atoms with Crippen LogP contribution in [0.5, 0.6) is 11.5 Å². The van der Waals surface area contributed by atoms with Gasteiger partial charge in [0.25, 0.3) is 0 Å². The summed E-state index contributed by atoms with van der Waals surface area (Å²) in [4.78, 5) is 0.111. The van der Waals surface area contributed by atoms with Crippen LogP contribution >= 0.6 is 31.9 Å². The number of ether oxygens (including phenoxy) is 2. The Bertz CT molecular complexity index is 611. The molecule has 0 aromatic heterocycles. The van der Waals surface area contributed by atoms with E-state index in [0.717, 1.165) is 21.5 Å². The van der Waals surface area contributed by atoms with Crippen LogP contribution in [0, 0.1) is 6.92 Å². The molecule has 0 fully saturated rings. The van der Waals surface area contributed by atoms with Crippen molar-refractivity contribution in [3.63, 3.8) is 0 Å². The molecule has 106 valence electrons. The molecule has 0 aliphatic carbocycles. The molecule has 0 saturated carbocycles. The number of hydrogen-bond donors (Lipinski definition) is 0. The molecule has 0 aliphatic heterocycles. The minimum absolute atomic E-state index is 0.111. The second-order valence-electron chi connectivity index (χ2n) is 4.43. The van der Waals surface area contributed by atoms with Crippen LogP contribution in [0.15, 0.2) is 40.9 Å². The van der Waals surface area contributed by atoms with Gasteiger partial charge in [-0.05, 0) is 41.8 Å². The SMILES string of the molecule is COc1ccc(C(Br)c2cccc(Br)c2C)cc1OC. The molecule has 0 spiro atoms. The Morgan fingerprint density at radius 3 is 2.35 bits per heavy atom. The standard InChI is InChI=1S/C16H16Br2O2/c1-10-12(5-4-6-13(10)17)16(18)11-7-8-14(19-2)15(9-11)20-3/h4-9,16H,1-3H3. The quantitative estimate of drug-likeness (QED) is 0.653. The molecule has 20 heavy (non-hydrogen) atoms. The highest BCUT2D eigenvalue weighted by Crippen LogP contribution is 2.38. The van der Waals surface area contributed by atoms with E-state index < -0.39 is 0 Å². The smallest absolute Gasteiger partial charge is 0.161 e. The van der Waals surface area contributed by atoms with Gasteiger partial charge in [-0.2, -0.15) is 0 Å². The molecular weight excluding hydrogens is 384 g/mol. The monoisotopic (exact) mass is 398 g/mol. The third kappa shape index (κ3) is 3.01. The summed E-state index contributed by atoms with van der Waals surface area (Å²) < 4.78 is 11.7. The molecule has 2 aromatic rings. The van der Waals surface area contributed by atoms with Crippen LogP contribution in [0.4, 0.5) is 0 Å². The van der Waals surface area contributed by atoms with Gasteiger partial charge in [0.15, 0.2) is 11.5 Å². The number of benzene rings is 2. The van der Waals surface area contributed by atoms with Crippen LogP contribution in [-0.2, 0) is 0 Å². The fraction of sp³-hybridized carbons (Fsp3) is 0.250. The van der Waals surface area contributed by atoms with E-state index in [0.29, 0.717) is 0 Å². The van der Waals surface area contributed by atoms with E-state index in [4.69, 9.17) is 9.47 Å². The maximum absolute atomic E-state index is 5.36. The van der Waals surface area contributed by atoms with Gasteiger partial charge in [0.2, 0.25) is 0 Å². The number of methoxy groups -OCH3 is 2. The maximum atomic E-state index is 5.36. The first-order valence-electron chi connectivity index (χ1n) is 6.19. The largest absolute Gasteiger partial charge is 0.493 e. The average Bonchev–Trinajstić information content (AvgIpc) is 2.48. The van der Waals surface area contributed by atoms with Crippen molar-refractivity contribution in [2.45, 2.75) is 11.8 Å². The van der Waals surface area contributed by atoms with Crippen LogP contribution in [0.1, 0.15) is 21.5 Å². The Hall–Kier alpha value is -1.00. The summed E-state index contributed by atoms with van der Waals surface area (Å²) >= 11 is 7.34. The lowest BCUT2D eigenvalue weighted by Crippen LogP contribution is -1.98. The highest BCUT2D eigenvalue weighted by Gasteiger charge is 2.16. The van der Waals surface area contributed by atoms with Gasteiger partial charge in [-0.1, -0.05) is 50.1 Å². The van der Waals surface area contributed by atoms with Gasteiger partial charge in [0.05, 0.1) is 19.0 Å². The van der Waals surface area contributed by atoms with E-state index in [1.807, 2.05) is 30.3 Å². The molecular formula is C16H16Br2O2. The number of alkyl halides is 1. The molecule has 0 amide bonds. The Kier molecular flexibility index (Phi) is 5.11. The van der Waals surface area contributed by atoms with Gasteiger partial charge in [-0.15, -0.1) is 0 Å². The summed E-state index contributed by atoms with van der Waals surface area (Å²) in [7, 11) is 3.29. The number of rotatable bonds is 4. The minimum atomic E-state index is 0.111. The van der Waals surface area contributed by atoms with Gasteiger partial charge in [0, 0.05) is 4.47 Å². The van der Waals surface area contributed by atoms with Gasteiger partial charge in [-0.3, -0.25) is 0 Å². The van der Waals surface area contributed by atoms with Crippen molar-refractivity contribution < 1.29 is 9.47 Å². The molecule has 4 heteroatoms. The van der Waals surface area contributed by atoms with E-state index in [1.165, 1.54) is 11.1 Å². The lowest BCUT2D eigenvalue weighted by Gasteiger charge is -2.16. The Morgan fingerprint density at radius 1 is 1.00 bits per heavy atom. The van der Waals surface area contributed by atoms with E-state index in [1.54, 1.807) is 14.2 Å². The highest BCUT2D eigenvalue weighted by molar-refractivity contribution is 9.10. The molecule has 0 radical (unpaired) electrons. The molecule has 0 bridgehead atoms. The average molecular weight is 400 g/mol. The zero-order chi connectivity index (χ0) is 14.7. The normalized spacial score (nSPS) is 12.1. The molecule has 0 aliphatic rings. The molecule has 2 nitrogen and oxygen atoms in total. The second kappa shape index (κ2) is 6.64. The summed E-state index contributed by atoms with van der Waals surface area (Å²) in [5.74, 6) is 1.48. The summed E-state index contributed by atoms with van der Waals surface area (Å²) in [5.41, 5.74) is 3.58. The Morgan fingerprint density at radius 2 is 1.70 bits per heavy atom. The van der Waals surface area contributed by atoms with Gasteiger partial charge >= 0.3 is 0 Å². The van der Waals surface area contributed by atoms with Crippen molar-refractivity contribution in [2.24, 2.45) is 0 Å². The van der Waals surface area contributed by atoms with Crippen molar-refractivity contribution in [1.29, 1.82) is 0 Å². The molecule has 1 unspecified atom stereocenters. The van der Waals surface area contributed by atoms with Crippen LogP contribution in [0.2, 0.25) is 0 Å². The highest BCUT2D eigenvalue weighted by atomic mass is 79.9. The van der Waals surface area contributed by atoms with E-state index >= 15 is 0 Å². The maximum Gasteiger partial charge on any atom is 0.161 e. The second-order valence-corrected chi connectivity index (χ2v) is 6.20. The first-order chi connectivity index (χ1) is 9.58. The van der Waals surface area contributed by atoms with Gasteiger partial charge < -0.3 is 9.47 Å². The number of hydrogen-bond acceptors (Lipinski definition) is 2. The van der Waals surface area contributed by atoms with Crippen LogP contribution in [0.3, 0.4) is 0 Å². The molecule has 2 aromatic carbocycles. The third-order valence-electron chi connectivity index (χ3n) is 3.28.